The zero-order chi connectivity index (χ0) is 7.28. The summed E-state index contributed by atoms with van der Waals surface area (Å²) >= 11 is 5.68. The Morgan fingerprint density at radius 1 is 1.67 bits per heavy atom. The number of aliphatic hydroxyl groups is 1. The van der Waals surface area contributed by atoms with Crippen molar-refractivity contribution in [2.45, 2.75) is 37.7 Å². The molecule has 2 unspecified atom stereocenters. The summed E-state index contributed by atoms with van der Waals surface area (Å²) in [5.41, 5.74) is 0. The average molecular weight is 150 g/mol. The minimum atomic E-state index is -0.613. The van der Waals surface area contributed by atoms with Crippen LogP contribution in [0, 0.1) is 6.92 Å². The Kier molecular flexibility index (Phi) is 5.21. The van der Waals surface area contributed by atoms with Crippen LogP contribution < -0.4 is 0 Å². The molecule has 1 nitrogen and oxygen atoms in total. The molecule has 0 spiro atoms. The predicted molar refractivity (Wildman–Crippen MR) is 40.5 cm³/mol. The van der Waals surface area contributed by atoms with E-state index in [4.69, 9.17) is 16.7 Å². The van der Waals surface area contributed by atoms with Gasteiger partial charge in [0.05, 0.1) is 11.5 Å². The van der Waals surface area contributed by atoms with Crippen molar-refractivity contribution in [1.29, 1.82) is 0 Å². The highest BCUT2D eigenvalue weighted by atomic mass is 35.5. The van der Waals surface area contributed by atoms with E-state index in [0.29, 0.717) is 0 Å². The molecule has 0 rings (SSSR count). The van der Waals surface area contributed by atoms with E-state index in [-0.39, 0.29) is 5.38 Å². The van der Waals surface area contributed by atoms with E-state index in [9.17, 15) is 0 Å². The molecule has 0 fully saturated rings. The van der Waals surface area contributed by atoms with Crippen LogP contribution in [0.15, 0.2) is 0 Å². The van der Waals surface area contributed by atoms with Gasteiger partial charge in [0.25, 0.3) is 0 Å². The fourth-order valence-electron chi connectivity index (χ4n) is 0.592. The summed E-state index contributed by atoms with van der Waals surface area (Å²) in [5, 5.41) is 8.64. The molecule has 0 saturated heterocycles. The van der Waals surface area contributed by atoms with Crippen molar-refractivity contribution in [2.75, 3.05) is 0 Å². The first-order valence-electron chi connectivity index (χ1n) is 3.33. The van der Waals surface area contributed by atoms with E-state index in [0.717, 1.165) is 19.3 Å². The summed E-state index contributed by atoms with van der Waals surface area (Å²) in [6.45, 7) is 5.51. The lowest BCUT2D eigenvalue weighted by atomic mass is 10.1. The van der Waals surface area contributed by atoms with E-state index in [2.05, 4.69) is 13.8 Å². The van der Waals surface area contributed by atoms with Crippen LogP contribution in [0.2, 0.25) is 0 Å². The van der Waals surface area contributed by atoms with Crippen molar-refractivity contribution in [3.05, 3.63) is 6.92 Å². The number of hydrogen-bond acceptors (Lipinski definition) is 1. The zero-order valence-corrected chi connectivity index (χ0v) is 6.56. The third-order valence-electron chi connectivity index (χ3n) is 1.25. The fraction of sp³-hybridized carbons (Fsp3) is 0.857. The lowest BCUT2D eigenvalue weighted by molar-refractivity contribution is 0.210. The highest BCUT2D eigenvalue weighted by molar-refractivity contribution is 6.21. The number of halogens is 1. The van der Waals surface area contributed by atoms with Crippen LogP contribution in [-0.2, 0) is 0 Å². The Balaban J connectivity index is 3.16. The van der Waals surface area contributed by atoms with E-state index in [1.54, 1.807) is 0 Å². The van der Waals surface area contributed by atoms with Gasteiger partial charge < -0.3 is 5.11 Å². The number of unbranched alkanes of at least 4 members (excludes halogenated alkanes) is 1. The normalized spacial score (nSPS) is 17.3. The number of aliphatic hydroxyl groups excluding tert-OH is 1. The largest absolute Gasteiger partial charge is 0.392 e. The monoisotopic (exact) mass is 149 g/mol. The molecule has 0 aliphatic rings. The maximum atomic E-state index is 8.80. The lowest BCUT2D eigenvalue weighted by Crippen LogP contribution is -2.16. The van der Waals surface area contributed by atoms with E-state index < -0.39 is 6.10 Å². The highest BCUT2D eigenvalue weighted by Gasteiger charge is 2.09. The first-order chi connectivity index (χ1) is 4.18. The van der Waals surface area contributed by atoms with Gasteiger partial charge in [-0.1, -0.05) is 19.8 Å². The molecular weight excluding hydrogens is 136 g/mol. The second kappa shape index (κ2) is 5.07. The second-order valence-electron chi connectivity index (χ2n) is 2.23. The molecular formula is C7H14ClO. The van der Waals surface area contributed by atoms with Crippen molar-refractivity contribution in [1.82, 2.24) is 0 Å². The molecule has 2 heteroatoms. The van der Waals surface area contributed by atoms with Crippen LogP contribution in [0.1, 0.15) is 26.2 Å². The Bertz CT molecular complexity index is 63.9. The van der Waals surface area contributed by atoms with Gasteiger partial charge in [-0.15, -0.1) is 11.6 Å². The average Bonchev–Trinajstić information content (AvgIpc) is 1.82. The van der Waals surface area contributed by atoms with Crippen molar-refractivity contribution < 1.29 is 5.11 Å². The zero-order valence-electron chi connectivity index (χ0n) is 5.81. The summed E-state index contributed by atoms with van der Waals surface area (Å²) < 4.78 is 0. The van der Waals surface area contributed by atoms with Crippen molar-refractivity contribution in [2.24, 2.45) is 0 Å². The summed E-state index contributed by atoms with van der Waals surface area (Å²) in [4.78, 5) is 0. The van der Waals surface area contributed by atoms with Crippen LogP contribution in [-0.4, -0.2) is 16.6 Å². The first-order valence-corrected chi connectivity index (χ1v) is 3.77. The van der Waals surface area contributed by atoms with E-state index in [1.807, 2.05) is 0 Å². The molecule has 0 bridgehead atoms. The summed E-state index contributed by atoms with van der Waals surface area (Å²) in [6, 6.07) is 0. The van der Waals surface area contributed by atoms with Crippen molar-refractivity contribution in [3.8, 4) is 0 Å². The lowest BCUT2D eigenvalue weighted by Gasteiger charge is -2.10. The van der Waals surface area contributed by atoms with Gasteiger partial charge in [0.1, 0.15) is 0 Å². The molecule has 0 aliphatic heterocycles. The van der Waals surface area contributed by atoms with E-state index in [1.165, 1.54) is 0 Å². The Hall–Kier alpha value is 0.250. The molecule has 0 amide bonds. The topological polar surface area (TPSA) is 20.2 Å². The van der Waals surface area contributed by atoms with Crippen LogP contribution in [0.5, 0.6) is 0 Å². The smallest absolute Gasteiger partial charge is 0.0704 e. The molecule has 0 saturated carbocycles. The maximum absolute atomic E-state index is 8.80. The van der Waals surface area contributed by atoms with Gasteiger partial charge >= 0.3 is 0 Å². The van der Waals surface area contributed by atoms with Gasteiger partial charge in [0, 0.05) is 0 Å². The molecule has 0 aromatic heterocycles. The minimum Gasteiger partial charge on any atom is -0.392 e. The Morgan fingerprint density at radius 3 is 2.56 bits per heavy atom. The number of alkyl halides is 1. The maximum Gasteiger partial charge on any atom is 0.0704 e. The van der Waals surface area contributed by atoms with Gasteiger partial charge in [-0.05, 0) is 13.3 Å². The first kappa shape index (κ1) is 9.25. The van der Waals surface area contributed by atoms with Gasteiger partial charge in [-0.3, -0.25) is 0 Å². The van der Waals surface area contributed by atoms with Gasteiger partial charge in [0.2, 0.25) is 0 Å². The Morgan fingerprint density at radius 2 is 2.22 bits per heavy atom. The molecule has 0 aromatic rings. The second-order valence-corrected chi connectivity index (χ2v) is 2.79. The third-order valence-corrected chi connectivity index (χ3v) is 1.76. The quantitative estimate of drug-likeness (QED) is 0.607. The molecule has 1 N–H and O–H groups in total. The number of rotatable bonds is 4. The van der Waals surface area contributed by atoms with Gasteiger partial charge in [-0.25, -0.2) is 0 Å². The summed E-state index contributed by atoms with van der Waals surface area (Å²) in [7, 11) is 0. The van der Waals surface area contributed by atoms with Crippen molar-refractivity contribution in [3.63, 3.8) is 0 Å². The molecule has 0 aromatic carbocycles. The Labute approximate surface area is 62.0 Å². The highest BCUT2D eigenvalue weighted by Crippen LogP contribution is 2.10. The minimum absolute atomic E-state index is 0.162. The standard InChI is InChI=1S/C7H14ClO/c1-3-4-5-7(8)6(2)9/h6-7,9H,2-5H2,1H3. The molecule has 1 radical (unpaired) electrons. The van der Waals surface area contributed by atoms with Crippen molar-refractivity contribution >= 4 is 11.6 Å². The van der Waals surface area contributed by atoms with Gasteiger partial charge in [0.15, 0.2) is 0 Å². The molecule has 0 heterocycles. The SMILES string of the molecule is [CH2]C(O)C(Cl)CCCC. The molecule has 2 atom stereocenters. The predicted octanol–water partition coefficient (Wildman–Crippen LogP) is 1.98. The van der Waals surface area contributed by atoms with Gasteiger partial charge in [-0.2, -0.15) is 0 Å². The van der Waals surface area contributed by atoms with Crippen LogP contribution in [0.25, 0.3) is 0 Å². The van der Waals surface area contributed by atoms with Crippen LogP contribution in [0.4, 0.5) is 0 Å². The molecule has 9 heavy (non-hydrogen) atoms. The third kappa shape index (κ3) is 4.73. The molecule has 55 valence electrons. The summed E-state index contributed by atoms with van der Waals surface area (Å²) in [5.74, 6) is 0. The van der Waals surface area contributed by atoms with Crippen LogP contribution in [0.3, 0.4) is 0 Å². The van der Waals surface area contributed by atoms with Crippen LogP contribution >= 0.6 is 11.6 Å². The van der Waals surface area contributed by atoms with E-state index >= 15 is 0 Å². The molecule has 0 aliphatic carbocycles. The number of hydrogen-bond donors (Lipinski definition) is 1. The fourth-order valence-corrected chi connectivity index (χ4v) is 0.746. The summed E-state index contributed by atoms with van der Waals surface area (Å²) in [6.07, 6.45) is 2.44.